The normalized spacial score (nSPS) is 11.5. The van der Waals surface area contributed by atoms with E-state index < -0.39 is 6.26 Å². The van der Waals surface area contributed by atoms with Crippen LogP contribution in [0.25, 0.3) is 0 Å². The van der Waals surface area contributed by atoms with Gasteiger partial charge in [-0.2, -0.15) is 10.2 Å². The first-order valence-corrected chi connectivity index (χ1v) is 14.2. The van der Waals surface area contributed by atoms with E-state index in [1.807, 2.05) is 66.7 Å². The minimum absolute atomic E-state index is 0.785. The molecule has 5 heteroatoms. The van der Waals surface area contributed by atoms with Crippen LogP contribution in [-0.4, -0.2) is 12.3 Å². The van der Waals surface area contributed by atoms with Crippen LogP contribution in [0.1, 0.15) is 11.1 Å². The molecule has 0 heterocycles. The second-order valence-electron chi connectivity index (χ2n) is 7.85. The standard InChI is InChI=1S/C28H27N2OPS/c33-32(22-20-24-10-4-1-5-11-24,23-21-25-12-6-2-7-13-25)31-28-18-16-27(17-19-28)30-29-26-14-8-3-9-15-26/h1-19H,20-23H2. The Balaban J connectivity index is 1.45. The number of aryl methyl sites for hydroxylation is 2. The molecular formula is C28H27N2OPS. The van der Waals surface area contributed by atoms with Gasteiger partial charge in [0.15, 0.2) is 0 Å². The van der Waals surface area contributed by atoms with E-state index in [1.54, 1.807) is 0 Å². The zero-order chi connectivity index (χ0) is 22.8. The van der Waals surface area contributed by atoms with Crippen LogP contribution >= 0.6 is 6.26 Å². The first kappa shape index (κ1) is 23.1. The second kappa shape index (κ2) is 11.7. The van der Waals surface area contributed by atoms with Crippen molar-refractivity contribution >= 4 is 29.4 Å². The van der Waals surface area contributed by atoms with Gasteiger partial charge in [0.2, 0.25) is 0 Å². The largest absolute Gasteiger partial charge is 0.467 e. The smallest absolute Gasteiger partial charge is 0.124 e. The zero-order valence-electron chi connectivity index (χ0n) is 18.5. The quantitative estimate of drug-likeness (QED) is 0.172. The SMILES string of the molecule is S=P(CCc1ccccc1)(CCc1ccccc1)Oc1ccc(N=Nc2ccccc2)cc1. The molecule has 0 spiro atoms. The molecule has 0 unspecified atom stereocenters. The lowest BCUT2D eigenvalue weighted by Crippen LogP contribution is -2.07. The Morgan fingerprint density at radius 2 is 0.970 bits per heavy atom. The van der Waals surface area contributed by atoms with E-state index in [0.29, 0.717) is 0 Å². The number of hydrogen-bond acceptors (Lipinski definition) is 4. The highest BCUT2D eigenvalue weighted by atomic mass is 32.4. The van der Waals surface area contributed by atoms with Crippen molar-refractivity contribution in [3.05, 3.63) is 126 Å². The van der Waals surface area contributed by atoms with Crippen molar-refractivity contribution in [2.24, 2.45) is 10.2 Å². The summed E-state index contributed by atoms with van der Waals surface area (Å²) in [5, 5.41) is 8.60. The van der Waals surface area contributed by atoms with Gasteiger partial charge in [-0.05, 0) is 60.4 Å². The number of azo groups is 1. The van der Waals surface area contributed by atoms with E-state index in [0.717, 1.165) is 42.3 Å². The molecule has 0 fully saturated rings. The second-order valence-corrected chi connectivity index (χ2v) is 12.6. The molecule has 3 nitrogen and oxygen atoms in total. The van der Waals surface area contributed by atoms with Gasteiger partial charge in [-0.15, -0.1) is 0 Å². The molecule has 4 aromatic carbocycles. The Morgan fingerprint density at radius 3 is 1.45 bits per heavy atom. The Labute approximate surface area is 201 Å². The summed E-state index contributed by atoms with van der Waals surface area (Å²) in [4.78, 5) is 0. The highest BCUT2D eigenvalue weighted by Gasteiger charge is 2.20. The molecule has 0 aromatic heterocycles. The zero-order valence-corrected chi connectivity index (χ0v) is 20.2. The van der Waals surface area contributed by atoms with E-state index in [9.17, 15) is 0 Å². The molecule has 4 rings (SSSR count). The van der Waals surface area contributed by atoms with Gasteiger partial charge < -0.3 is 4.52 Å². The predicted molar refractivity (Wildman–Crippen MR) is 142 cm³/mol. The number of rotatable bonds is 10. The lowest BCUT2D eigenvalue weighted by atomic mass is 10.2. The van der Waals surface area contributed by atoms with E-state index in [2.05, 4.69) is 58.8 Å². The summed E-state index contributed by atoms with van der Waals surface area (Å²) < 4.78 is 6.52. The highest BCUT2D eigenvalue weighted by molar-refractivity contribution is 8.12. The van der Waals surface area contributed by atoms with E-state index in [4.69, 9.17) is 16.3 Å². The van der Waals surface area contributed by atoms with Crippen LogP contribution < -0.4 is 4.52 Å². The first-order valence-electron chi connectivity index (χ1n) is 11.1. The molecule has 0 bridgehead atoms. The minimum atomic E-state index is -2.07. The summed E-state index contributed by atoms with van der Waals surface area (Å²) in [6, 6.07) is 38.5. The van der Waals surface area contributed by atoms with Crippen molar-refractivity contribution in [1.29, 1.82) is 0 Å². The lowest BCUT2D eigenvalue weighted by Gasteiger charge is -2.24. The van der Waals surface area contributed by atoms with Crippen LogP contribution in [0.4, 0.5) is 11.4 Å². The average molecular weight is 471 g/mol. The Hall–Kier alpha value is -3.07. The summed E-state index contributed by atoms with van der Waals surface area (Å²) in [7, 11) is 0. The van der Waals surface area contributed by atoms with Gasteiger partial charge in [0.25, 0.3) is 0 Å². The molecule has 0 aliphatic rings. The number of benzene rings is 4. The number of nitrogens with zero attached hydrogens (tertiary/aromatic N) is 2. The molecule has 0 radical (unpaired) electrons. The molecule has 33 heavy (non-hydrogen) atoms. The fraction of sp³-hybridized carbons (Fsp3) is 0.143. The third kappa shape index (κ3) is 7.49. The van der Waals surface area contributed by atoms with Gasteiger partial charge in [0.1, 0.15) is 12.0 Å². The molecule has 4 aromatic rings. The van der Waals surface area contributed by atoms with Crippen LogP contribution in [-0.2, 0) is 24.6 Å². The topological polar surface area (TPSA) is 34.0 Å². The average Bonchev–Trinajstić information content (AvgIpc) is 2.88. The van der Waals surface area contributed by atoms with Gasteiger partial charge in [-0.25, -0.2) is 0 Å². The van der Waals surface area contributed by atoms with E-state index in [1.165, 1.54) is 11.1 Å². The third-order valence-corrected chi connectivity index (χ3v) is 8.99. The molecule has 0 saturated carbocycles. The van der Waals surface area contributed by atoms with Crippen LogP contribution in [0.3, 0.4) is 0 Å². The van der Waals surface area contributed by atoms with Crippen LogP contribution in [0.15, 0.2) is 125 Å². The maximum Gasteiger partial charge on any atom is 0.124 e. The van der Waals surface area contributed by atoms with Gasteiger partial charge in [-0.3, -0.25) is 0 Å². The maximum atomic E-state index is 6.52. The van der Waals surface area contributed by atoms with Crippen molar-refractivity contribution in [3.63, 3.8) is 0 Å². The van der Waals surface area contributed by atoms with Crippen LogP contribution in [0, 0.1) is 0 Å². The molecule has 0 saturated heterocycles. The summed E-state index contributed by atoms with van der Waals surface area (Å²) in [6.45, 7) is 0. The van der Waals surface area contributed by atoms with E-state index in [-0.39, 0.29) is 0 Å². The van der Waals surface area contributed by atoms with Gasteiger partial charge >= 0.3 is 0 Å². The summed E-state index contributed by atoms with van der Waals surface area (Å²) >= 11 is 6.18. The Kier molecular flexibility index (Phi) is 8.19. The van der Waals surface area contributed by atoms with Gasteiger partial charge in [-0.1, -0.05) is 90.7 Å². The molecule has 0 amide bonds. The molecule has 0 atom stereocenters. The lowest BCUT2D eigenvalue weighted by molar-refractivity contribution is 0.607. The van der Waals surface area contributed by atoms with Gasteiger partial charge in [0, 0.05) is 12.3 Å². The fourth-order valence-electron chi connectivity index (χ4n) is 3.47. The third-order valence-electron chi connectivity index (χ3n) is 5.31. The minimum Gasteiger partial charge on any atom is -0.467 e. The first-order chi connectivity index (χ1) is 16.2. The molecule has 0 aliphatic carbocycles. The number of hydrogen-bond donors (Lipinski definition) is 0. The molecule has 0 aliphatic heterocycles. The summed E-state index contributed by atoms with van der Waals surface area (Å²) in [5.74, 6) is 0.804. The molecular weight excluding hydrogens is 443 g/mol. The predicted octanol–water partition coefficient (Wildman–Crippen LogP) is 8.36. The van der Waals surface area contributed by atoms with E-state index >= 15 is 0 Å². The monoisotopic (exact) mass is 470 g/mol. The Bertz CT molecular complexity index is 1150. The van der Waals surface area contributed by atoms with Crippen molar-refractivity contribution in [2.45, 2.75) is 12.8 Å². The Morgan fingerprint density at radius 1 is 0.545 bits per heavy atom. The molecule has 166 valence electrons. The molecule has 0 N–H and O–H groups in total. The summed E-state index contributed by atoms with van der Waals surface area (Å²) in [6.07, 6.45) is 1.52. The van der Waals surface area contributed by atoms with Crippen molar-refractivity contribution in [2.75, 3.05) is 12.3 Å². The van der Waals surface area contributed by atoms with Crippen molar-refractivity contribution < 1.29 is 4.52 Å². The highest BCUT2D eigenvalue weighted by Crippen LogP contribution is 2.48. The van der Waals surface area contributed by atoms with Crippen molar-refractivity contribution in [3.8, 4) is 5.75 Å². The van der Waals surface area contributed by atoms with Crippen molar-refractivity contribution in [1.82, 2.24) is 0 Å². The van der Waals surface area contributed by atoms with Crippen LogP contribution in [0.2, 0.25) is 0 Å². The van der Waals surface area contributed by atoms with Crippen LogP contribution in [0.5, 0.6) is 5.75 Å². The fourth-order valence-corrected chi connectivity index (χ4v) is 6.38. The summed E-state index contributed by atoms with van der Waals surface area (Å²) in [5.41, 5.74) is 4.21. The maximum absolute atomic E-state index is 6.52. The van der Waals surface area contributed by atoms with Gasteiger partial charge in [0.05, 0.1) is 11.4 Å².